The molecule has 2 nitrogen and oxygen atoms in total. The summed E-state index contributed by atoms with van der Waals surface area (Å²) in [5.74, 6) is 0.490. The maximum Gasteiger partial charge on any atom is 0.115 e. The van der Waals surface area contributed by atoms with E-state index in [1.807, 2.05) is 24.3 Å². The number of phenolic OH excluding ortho intramolecular Hbond substituents is 2. The molecule has 2 aromatic rings. The summed E-state index contributed by atoms with van der Waals surface area (Å²) >= 11 is 0. The summed E-state index contributed by atoms with van der Waals surface area (Å²) in [5.41, 5.74) is 4.10. The molecule has 2 aromatic carbocycles. The second-order valence-electron chi connectivity index (χ2n) is 4.67. The van der Waals surface area contributed by atoms with Crippen LogP contribution in [0.4, 0.5) is 0 Å². The quantitative estimate of drug-likeness (QED) is 0.795. The molecule has 0 radical (unpaired) electrons. The normalized spacial score (nSPS) is 10.2. The van der Waals surface area contributed by atoms with Crippen LogP contribution < -0.4 is 0 Å². The van der Waals surface area contributed by atoms with Gasteiger partial charge in [-0.3, -0.25) is 0 Å². The summed E-state index contributed by atoms with van der Waals surface area (Å²) in [4.78, 5) is 0. The summed E-state index contributed by atoms with van der Waals surface area (Å²) in [7, 11) is 0. The maximum atomic E-state index is 9.64. The average molecular weight is 266 g/mol. The average Bonchev–Trinajstić information content (AvgIpc) is 2.41. The van der Waals surface area contributed by atoms with E-state index >= 15 is 0 Å². The second-order valence-corrected chi connectivity index (χ2v) is 4.67. The van der Waals surface area contributed by atoms with Crippen molar-refractivity contribution in [1.82, 2.24) is 0 Å². The molecule has 2 rings (SSSR count). The molecule has 0 amide bonds. The zero-order valence-corrected chi connectivity index (χ0v) is 11.3. The number of phenols is 2. The van der Waals surface area contributed by atoms with Crippen LogP contribution in [0.3, 0.4) is 0 Å². The minimum atomic E-state index is 0.245. The van der Waals surface area contributed by atoms with E-state index in [4.69, 9.17) is 0 Å². The first-order valence-corrected chi connectivity index (χ1v) is 6.51. The highest BCUT2D eigenvalue weighted by molar-refractivity contribution is 5.73. The van der Waals surface area contributed by atoms with Gasteiger partial charge in [0.15, 0.2) is 0 Å². The number of hydrogen-bond acceptors (Lipinski definition) is 2. The Morgan fingerprint density at radius 3 is 1.50 bits per heavy atom. The molecular formula is C18H18O2. The molecule has 2 N–H and O–H groups in total. The van der Waals surface area contributed by atoms with E-state index in [1.165, 1.54) is 0 Å². The Morgan fingerprint density at radius 1 is 0.750 bits per heavy atom. The van der Waals surface area contributed by atoms with Gasteiger partial charge in [-0.25, -0.2) is 0 Å². The lowest BCUT2D eigenvalue weighted by Crippen LogP contribution is -1.93. The summed E-state index contributed by atoms with van der Waals surface area (Å²) in [5, 5.41) is 19.3. The van der Waals surface area contributed by atoms with Gasteiger partial charge in [0.1, 0.15) is 11.5 Å². The van der Waals surface area contributed by atoms with Crippen molar-refractivity contribution in [3.8, 4) is 22.6 Å². The largest absolute Gasteiger partial charge is 0.508 e. The highest BCUT2D eigenvalue weighted by Gasteiger charge is 2.10. The Balaban J connectivity index is 2.60. The molecule has 0 aromatic heterocycles. The van der Waals surface area contributed by atoms with E-state index in [1.54, 1.807) is 24.3 Å². The van der Waals surface area contributed by atoms with E-state index in [9.17, 15) is 10.2 Å². The third-order valence-electron chi connectivity index (χ3n) is 3.20. The lowest BCUT2D eigenvalue weighted by atomic mass is 9.92. The third-order valence-corrected chi connectivity index (χ3v) is 3.20. The number of hydrogen-bond donors (Lipinski definition) is 2. The molecule has 0 aliphatic heterocycles. The molecule has 0 aliphatic rings. The number of benzene rings is 2. The molecule has 0 saturated heterocycles. The first-order chi connectivity index (χ1) is 9.65. The SMILES string of the molecule is C=CCc1cc(O)ccc1-c1ccc(O)cc1CC=C. The van der Waals surface area contributed by atoms with E-state index in [2.05, 4.69) is 13.2 Å². The molecule has 0 unspecified atom stereocenters. The topological polar surface area (TPSA) is 40.5 Å². The van der Waals surface area contributed by atoms with Crippen LogP contribution in [0.25, 0.3) is 11.1 Å². The lowest BCUT2D eigenvalue weighted by molar-refractivity contribution is 0.474. The molecule has 0 saturated carbocycles. The van der Waals surface area contributed by atoms with Crippen LogP contribution in [0.1, 0.15) is 11.1 Å². The Labute approximate surface area is 119 Å². The fourth-order valence-electron chi connectivity index (χ4n) is 2.33. The van der Waals surface area contributed by atoms with Crippen LogP contribution in [-0.4, -0.2) is 10.2 Å². The van der Waals surface area contributed by atoms with Gasteiger partial charge in [-0.05, 0) is 59.4 Å². The van der Waals surface area contributed by atoms with Crippen LogP contribution >= 0.6 is 0 Å². The van der Waals surface area contributed by atoms with Crippen molar-refractivity contribution in [1.29, 1.82) is 0 Å². The molecule has 0 spiro atoms. The number of allylic oxidation sites excluding steroid dienone is 2. The van der Waals surface area contributed by atoms with Crippen LogP contribution in [0.5, 0.6) is 11.5 Å². The Hall–Kier alpha value is -2.48. The zero-order valence-electron chi connectivity index (χ0n) is 11.3. The van der Waals surface area contributed by atoms with Gasteiger partial charge in [0, 0.05) is 0 Å². The molecule has 20 heavy (non-hydrogen) atoms. The first kappa shape index (κ1) is 13.9. The first-order valence-electron chi connectivity index (χ1n) is 6.51. The van der Waals surface area contributed by atoms with E-state index in [-0.39, 0.29) is 11.5 Å². The highest BCUT2D eigenvalue weighted by Crippen LogP contribution is 2.32. The van der Waals surface area contributed by atoms with Crippen LogP contribution in [-0.2, 0) is 12.8 Å². The standard InChI is InChI=1S/C18H18O2/c1-3-5-13-11-15(19)7-9-17(13)18-10-8-16(20)12-14(18)6-4-2/h3-4,7-12,19-20H,1-2,5-6H2. The molecule has 0 heterocycles. The summed E-state index contributed by atoms with van der Waals surface area (Å²) < 4.78 is 0. The number of rotatable bonds is 5. The fourth-order valence-corrected chi connectivity index (χ4v) is 2.33. The molecule has 2 heteroatoms. The van der Waals surface area contributed by atoms with Gasteiger partial charge >= 0.3 is 0 Å². The summed E-state index contributed by atoms with van der Waals surface area (Å²) in [6.07, 6.45) is 4.98. The van der Waals surface area contributed by atoms with Crippen molar-refractivity contribution in [2.24, 2.45) is 0 Å². The van der Waals surface area contributed by atoms with Gasteiger partial charge in [-0.1, -0.05) is 24.3 Å². The van der Waals surface area contributed by atoms with Gasteiger partial charge in [0.2, 0.25) is 0 Å². The van der Waals surface area contributed by atoms with Crippen LogP contribution in [0.2, 0.25) is 0 Å². The minimum Gasteiger partial charge on any atom is -0.508 e. The summed E-state index contributed by atoms with van der Waals surface area (Å²) in [6, 6.07) is 10.6. The predicted molar refractivity (Wildman–Crippen MR) is 83.0 cm³/mol. The molecule has 0 fully saturated rings. The smallest absolute Gasteiger partial charge is 0.115 e. The van der Waals surface area contributed by atoms with Crippen molar-refractivity contribution in [2.75, 3.05) is 0 Å². The minimum absolute atomic E-state index is 0.245. The van der Waals surface area contributed by atoms with Gasteiger partial charge in [0.25, 0.3) is 0 Å². The Morgan fingerprint density at radius 2 is 1.15 bits per heavy atom. The van der Waals surface area contributed by atoms with Crippen molar-refractivity contribution in [3.63, 3.8) is 0 Å². The van der Waals surface area contributed by atoms with E-state index in [0.29, 0.717) is 12.8 Å². The van der Waals surface area contributed by atoms with Crippen molar-refractivity contribution < 1.29 is 10.2 Å². The Kier molecular flexibility index (Phi) is 4.26. The summed E-state index contributed by atoms with van der Waals surface area (Å²) in [6.45, 7) is 7.51. The van der Waals surface area contributed by atoms with Crippen molar-refractivity contribution in [2.45, 2.75) is 12.8 Å². The van der Waals surface area contributed by atoms with Gasteiger partial charge < -0.3 is 10.2 Å². The van der Waals surface area contributed by atoms with Crippen LogP contribution in [0, 0.1) is 0 Å². The fraction of sp³-hybridized carbons (Fsp3) is 0.111. The lowest BCUT2D eigenvalue weighted by Gasteiger charge is -2.13. The van der Waals surface area contributed by atoms with Gasteiger partial charge in [0.05, 0.1) is 0 Å². The van der Waals surface area contributed by atoms with Gasteiger partial charge in [-0.2, -0.15) is 0 Å². The predicted octanol–water partition coefficient (Wildman–Crippen LogP) is 4.22. The van der Waals surface area contributed by atoms with E-state index < -0.39 is 0 Å². The second kappa shape index (κ2) is 6.11. The molecule has 0 bridgehead atoms. The monoisotopic (exact) mass is 266 g/mol. The van der Waals surface area contributed by atoms with E-state index in [0.717, 1.165) is 22.3 Å². The van der Waals surface area contributed by atoms with Crippen molar-refractivity contribution in [3.05, 3.63) is 72.8 Å². The Bertz CT molecular complexity index is 584. The maximum absolute atomic E-state index is 9.64. The third kappa shape index (κ3) is 2.91. The molecule has 102 valence electrons. The van der Waals surface area contributed by atoms with Crippen molar-refractivity contribution >= 4 is 0 Å². The molecule has 0 atom stereocenters. The van der Waals surface area contributed by atoms with Crippen LogP contribution in [0.15, 0.2) is 61.7 Å². The van der Waals surface area contributed by atoms with Gasteiger partial charge in [-0.15, -0.1) is 13.2 Å². The zero-order chi connectivity index (χ0) is 14.5. The molecule has 0 aliphatic carbocycles. The molecular weight excluding hydrogens is 248 g/mol. The highest BCUT2D eigenvalue weighted by atomic mass is 16.3. The number of aromatic hydroxyl groups is 2.